The van der Waals surface area contributed by atoms with Crippen LogP contribution in [0.2, 0.25) is 0 Å². The molecule has 186 valence electrons. The van der Waals surface area contributed by atoms with Crippen LogP contribution in [0.1, 0.15) is 99.9 Å². The largest absolute Gasteiger partial charge is 0.301 e. The summed E-state index contributed by atoms with van der Waals surface area (Å²) in [6, 6.07) is 0. The number of carbonyl (C=O) groups excluding carboxylic acids is 2. The maximum absolute atomic E-state index is 12.3. The summed E-state index contributed by atoms with van der Waals surface area (Å²) in [5.74, 6) is 1.17. The third kappa shape index (κ3) is 8.37. The number of aryl methyl sites for hydroxylation is 2. The van der Waals surface area contributed by atoms with Crippen LogP contribution in [0.4, 0.5) is 10.3 Å². The molecule has 0 atom stereocenters. The van der Waals surface area contributed by atoms with Crippen LogP contribution in [0.5, 0.6) is 0 Å². The molecule has 0 spiro atoms. The second-order valence-corrected chi connectivity index (χ2v) is 11.8. The van der Waals surface area contributed by atoms with Crippen molar-refractivity contribution in [2.24, 2.45) is 11.8 Å². The van der Waals surface area contributed by atoms with Gasteiger partial charge in [0, 0.05) is 25.7 Å². The van der Waals surface area contributed by atoms with Crippen molar-refractivity contribution in [3.8, 4) is 0 Å². The number of hydrogen-bond acceptors (Lipinski definition) is 8. The van der Waals surface area contributed by atoms with Gasteiger partial charge in [-0.2, -0.15) is 0 Å². The van der Waals surface area contributed by atoms with E-state index < -0.39 is 0 Å². The van der Waals surface area contributed by atoms with Gasteiger partial charge < -0.3 is 10.6 Å². The van der Waals surface area contributed by atoms with Crippen LogP contribution in [0.3, 0.4) is 0 Å². The van der Waals surface area contributed by atoms with Crippen molar-refractivity contribution in [1.82, 2.24) is 20.4 Å². The van der Waals surface area contributed by atoms with Gasteiger partial charge in [0.2, 0.25) is 22.1 Å². The highest BCUT2D eigenvalue weighted by Crippen LogP contribution is 2.28. The summed E-state index contributed by atoms with van der Waals surface area (Å²) < 4.78 is 0. The van der Waals surface area contributed by atoms with E-state index >= 15 is 0 Å². The summed E-state index contributed by atoms with van der Waals surface area (Å²) in [6.45, 7) is 0. The first-order chi connectivity index (χ1) is 16.6. The van der Waals surface area contributed by atoms with Crippen molar-refractivity contribution in [3.63, 3.8) is 0 Å². The lowest BCUT2D eigenvalue weighted by Crippen LogP contribution is -2.18. The molecule has 2 saturated carbocycles. The lowest BCUT2D eigenvalue weighted by molar-refractivity contribution is -0.118. The third-order valence-electron chi connectivity index (χ3n) is 6.86. The molecule has 2 heterocycles. The highest BCUT2D eigenvalue weighted by molar-refractivity contribution is 7.15. The molecule has 0 aromatic carbocycles. The van der Waals surface area contributed by atoms with Crippen LogP contribution < -0.4 is 10.6 Å². The molecule has 2 fully saturated rings. The summed E-state index contributed by atoms with van der Waals surface area (Å²) >= 11 is 2.94. The minimum atomic E-state index is 0.0625. The van der Waals surface area contributed by atoms with Crippen molar-refractivity contribution in [1.29, 1.82) is 0 Å². The van der Waals surface area contributed by atoms with Crippen LogP contribution in [0.25, 0.3) is 0 Å². The third-order valence-corrected chi connectivity index (χ3v) is 8.65. The number of amides is 2. The molecule has 2 aromatic rings. The van der Waals surface area contributed by atoms with Crippen molar-refractivity contribution < 1.29 is 9.59 Å². The number of nitrogens with zero attached hydrogens (tertiary/aromatic N) is 4. The van der Waals surface area contributed by atoms with Crippen molar-refractivity contribution >= 4 is 44.8 Å². The molecule has 0 aliphatic heterocycles. The molecular weight excluding hydrogens is 468 g/mol. The Bertz CT molecular complexity index is 844. The monoisotopic (exact) mass is 504 g/mol. The Morgan fingerprint density at radius 3 is 1.47 bits per heavy atom. The zero-order chi connectivity index (χ0) is 23.6. The number of unbranched alkanes of at least 4 members (excludes halogenated alkanes) is 1. The van der Waals surface area contributed by atoms with Crippen molar-refractivity contribution in [3.05, 3.63) is 10.0 Å². The van der Waals surface area contributed by atoms with E-state index in [-0.39, 0.29) is 11.8 Å². The second kappa shape index (κ2) is 13.2. The van der Waals surface area contributed by atoms with Crippen LogP contribution in [0, 0.1) is 11.8 Å². The fourth-order valence-electron chi connectivity index (χ4n) is 5.01. The molecule has 2 amide bonds. The minimum Gasteiger partial charge on any atom is -0.301 e. The van der Waals surface area contributed by atoms with Gasteiger partial charge in [-0.05, 0) is 50.4 Å². The van der Waals surface area contributed by atoms with Gasteiger partial charge in [-0.3, -0.25) is 9.59 Å². The van der Waals surface area contributed by atoms with Gasteiger partial charge in [0.25, 0.3) is 0 Å². The van der Waals surface area contributed by atoms with Crippen molar-refractivity contribution in [2.75, 3.05) is 10.6 Å². The fourth-order valence-corrected chi connectivity index (χ4v) is 6.61. The number of nitrogens with one attached hydrogen (secondary N) is 2. The predicted molar refractivity (Wildman–Crippen MR) is 136 cm³/mol. The highest BCUT2D eigenvalue weighted by Gasteiger charge is 2.19. The Kier molecular flexibility index (Phi) is 9.79. The molecule has 34 heavy (non-hydrogen) atoms. The van der Waals surface area contributed by atoms with Gasteiger partial charge in [0.1, 0.15) is 10.0 Å². The molecule has 2 aliphatic rings. The highest BCUT2D eigenvalue weighted by atomic mass is 32.1. The lowest BCUT2D eigenvalue weighted by atomic mass is 9.87. The molecule has 0 unspecified atom stereocenters. The zero-order valence-corrected chi connectivity index (χ0v) is 21.5. The summed E-state index contributed by atoms with van der Waals surface area (Å²) in [5.41, 5.74) is 0. The molecule has 10 heteroatoms. The Labute approximate surface area is 209 Å². The van der Waals surface area contributed by atoms with Gasteiger partial charge >= 0.3 is 0 Å². The molecule has 0 bridgehead atoms. The smallest absolute Gasteiger partial charge is 0.226 e. The molecular formula is C24H36N6O2S2. The molecule has 0 radical (unpaired) electrons. The van der Waals surface area contributed by atoms with E-state index in [1.807, 2.05) is 0 Å². The van der Waals surface area contributed by atoms with E-state index in [4.69, 9.17) is 0 Å². The van der Waals surface area contributed by atoms with Crippen molar-refractivity contribution in [2.45, 2.75) is 103 Å². The molecule has 4 rings (SSSR count). The van der Waals surface area contributed by atoms with Crippen LogP contribution in [-0.2, 0) is 22.4 Å². The Hall–Kier alpha value is -1.94. The molecule has 2 aliphatic carbocycles. The summed E-state index contributed by atoms with van der Waals surface area (Å²) in [7, 11) is 0. The summed E-state index contributed by atoms with van der Waals surface area (Å²) in [4.78, 5) is 24.5. The zero-order valence-electron chi connectivity index (χ0n) is 19.9. The second-order valence-electron chi connectivity index (χ2n) is 9.72. The van der Waals surface area contributed by atoms with Gasteiger partial charge in [0.15, 0.2) is 0 Å². The average molecular weight is 505 g/mol. The maximum atomic E-state index is 12.3. The lowest BCUT2D eigenvalue weighted by Gasteiger charge is -2.20. The SMILES string of the molecule is O=C(CC1CCCCC1)Nc1nnc(CCCCc2nnc(NC(=O)CC3CCCCC3)s2)s1. The summed E-state index contributed by atoms with van der Waals surface area (Å²) in [6.07, 6.45) is 17.0. The van der Waals surface area contributed by atoms with Crippen LogP contribution in [-0.4, -0.2) is 32.2 Å². The first-order valence-corrected chi connectivity index (χ1v) is 14.5. The van der Waals surface area contributed by atoms with E-state index in [0.717, 1.165) is 61.4 Å². The molecule has 8 nitrogen and oxygen atoms in total. The maximum Gasteiger partial charge on any atom is 0.226 e. The van der Waals surface area contributed by atoms with Gasteiger partial charge in [-0.15, -0.1) is 20.4 Å². The number of anilines is 2. The first kappa shape index (κ1) is 25.2. The number of aromatic nitrogens is 4. The van der Waals surface area contributed by atoms with Gasteiger partial charge in [-0.1, -0.05) is 61.2 Å². The molecule has 0 saturated heterocycles. The van der Waals surface area contributed by atoms with E-state index in [9.17, 15) is 9.59 Å². The minimum absolute atomic E-state index is 0.0625. The standard InChI is InChI=1S/C24H36N6O2S2/c31-19(15-17-9-3-1-4-10-17)25-23-29-27-21(33-23)13-7-8-14-22-28-30-24(34-22)26-20(32)16-18-11-5-2-6-12-18/h17-18H,1-16H2,(H,25,29,31)(H,26,30,32). The Balaban J connectivity index is 1.11. The Morgan fingerprint density at radius 2 is 1.06 bits per heavy atom. The molecule has 2 N–H and O–H groups in total. The average Bonchev–Trinajstić information content (AvgIpc) is 3.47. The first-order valence-electron chi connectivity index (χ1n) is 12.9. The van der Waals surface area contributed by atoms with E-state index in [1.54, 1.807) is 0 Å². The topological polar surface area (TPSA) is 110 Å². The fraction of sp³-hybridized carbons (Fsp3) is 0.750. The molecule has 2 aromatic heterocycles. The normalized spacial score (nSPS) is 17.5. The number of carbonyl (C=O) groups is 2. The summed E-state index contributed by atoms with van der Waals surface area (Å²) in [5, 5.41) is 25.7. The van der Waals surface area contributed by atoms with E-state index in [1.165, 1.54) is 61.2 Å². The van der Waals surface area contributed by atoms with Gasteiger partial charge in [-0.25, -0.2) is 0 Å². The Morgan fingerprint density at radius 1 is 0.647 bits per heavy atom. The van der Waals surface area contributed by atoms with E-state index in [0.29, 0.717) is 34.9 Å². The van der Waals surface area contributed by atoms with E-state index in [2.05, 4.69) is 31.0 Å². The van der Waals surface area contributed by atoms with Crippen LogP contribution >= 0.6 is 22.7 Å². The number of rotatable bonds is 11. The quantitative estimate of drug-likeness (QED) is 0.376. The predicted octanol–water partition coefficient (Wildman–Crippen LogP) is 5.77. The van der Waals surface area contributed by atoms with Gasteiger partial charge in [0.05, 0.1) is 0 Å². The number of hydrogen-bond donors (Lipinski definition) is 2. The van der Waals surface area contributed by atoms with Crippen LogP contribution in [0.15, 0.2) is 0 Å².